The van der Waals surface area contributed by atoms with Gasteiger partial charge in [0, 0.05) is 43.0 Å². The highest BCUT2D eigenvalue weighted by atomic mass is 35.5. The quantitative estimate of drug-likeness (QED) is 0.425. The fraction of sp³-hybridized carbons (Fsp3) is 0.208. The van der Waals surface area contributed by atoms with Crippen LogP contribution in [0.3, 0.4) is 0 Å². The van der Waals surface area contributed by atoms with Crippen molar-refractivity contribution < 1.29 is 8.78 Å². The maximum Gasteiger partial charge on any atom is 0.228 e. The normalized spacial score (nSPS) is 12.8. The zero-order valence-electron chi connectivity index (χ0n) is 17.9. The molecule has 3 heterocycles. The third-order valence-electron chi connectivity index (χ3n) is 5.78. The van der Waals surface area contributed by atoms with Crippen LogP contribution in [0.5, 0.6) is 0 Å². The van der Waals surface area contributed by atoms with E-state index < -0.39 is 0 Å². The van der Waals surface area contributed by atoms with E-state index in [2.05, 4.69) is 20.4 Å². The summed E-state index contributed by atoms with van der Waals surface area (Å²) >= 11 is 5.99. The number of rotatable bonds is 6. The SMILES string of the molecule is Cn1nccc1Nc1nccc(-c2cc(F)c3c(c2)CCN3CCc2cc(Cl)ccc2F)n1. The van der Waals surface area contributed by atoms with Gasteiger partial charge in [-0.2, -0.15) is 5.10 Å². The maximum absolute atomic E-state index is 15.2. The lowest BCUT2D eigenvalue weighted by Gasteiger charge is -2.20. The van der Waals surface area contributed by atoms with Gasteiger partial charge in [0.1, 0.15) is 17.5 Å². The molecular weight excluding hydrogens is 446 g/mol. The Bertz CT molecular complexity index is 1320. The number of hydrogen-bond acceptors (Lipinski definition) is 5. The van der Waals surface area contributed by atoms with Crippen molar-refractivity contribution in [1.82, 2.24) is 19.7 Å². The zero-order valence-corrected chi connectivity index (χ0v) is 18.7. The van der Waals surface area contributed by atoms with E-state index >= 15 is 4.39 Å². The second-order valence-corrected chi connectivity index (χ2v) is 8.36. The molecule has 4 aromatic rings. The van der Waals surface area contributed by atoms with Crippen molar-refractivity contribution in [2.24, 2.45) is 7.05 Å². The number of hydrogen-bond donors (Lipinski definition) is 1. The molecule has 2 aromatic heterocycles. The molecule has 0 radical (unpaired) electrons. The molecule has 1 aliphatic heterocycles. The molecule has 0 saturated carbocycles. The summed E-state index contributed by atoms with van der Waals surface area (Å²) in [6, 6.07) is 11.5. The fourth-order valence-electron chi connectivity index (χ4n) is 4.12. The van der Waals surface area contributed by atoms with E-state index in [1.165, 1.54) is 18.2 Å². The molecule has 0 spiro atoms. The Hall–Kier alpha value is -3.52. The molecule has 0 atom stereocenters. The Kier molecular flexibility index (Phi) is 5.68. The topological polar surface area (TPSA) is 58.9 Å². The van der Waals surface area contributed by atoms with Crippen LogP contribution in [0.1, 0.15) is 11.1 Å². The Labute approximate surface area is 194 Å². The number of halogens is 3. The third-order valence-corrected chi connectivity index (χ3v) is 6.02. The molecule has 0 saturated heterocycles. The fourth-order valence-corrected chi connectivity index (χ4v) is 4.32. The van der Waals surface area contributed by atoms with E-state index in [0.717, 1.165) is 11.4 Å². The molecule has 6 nitrogen and oxygen atoms in total. The molecule has 0 fully saturated rings. The van der Waals surface area contributed by atoms with Crippen molar-refractivity contribution in [2.75, 3.05) is 23.3 Å². The summed E-state index contributed by atoms with van der Waals surface area (Å²) in [6.45, 7) is 1.18. The lowest BCUT2D eigenvalue weighted by Crippen LogP contribution is -2.24. The highest BCUT2D eigenvalue weighted by Crippen LogP contribution is 2.35. The molecular formula is C24H21ClF2N6. The molecule has 0 bridgehead atoms. The summed E-state index contributed by atoms with van der Waals surface area (Å²) in [6.07, 6.45) is 4.47. The average Bonchev–Trinajstić information content (AvgIpc) is 3.41. The first-order valence-electron chi connectivity index (χ1n) is 10.6. The van der Waals surface area contributed by atoms with E-state index in [0.29, 0.717) is 59.4 Å². The van der Waals surface area contributed by atoms with Crippen molar-refractivity contribution in [3.8, 4) is 11.3 Å². The summed E-state index contributed by atoms with van der Waals surface area (Å²) in [5, 5.41) is 7.72. The molecule has 2 aromatic carbocycles. The number of fused-ring (bicyclic) bond motifs is 1. The van der Waals surface area contributed by atoms with Gasteiger partial charge in [0.15, 0.2) is 0 Å². The molecule has 33 heavy (non-hydrogen) atoms. The van der Waals surface area contributed by atoms with Crippen molar-refractivity contribution in [2.45, 2.75) is 12.8 Å². The number of aryl methyl sites for hydroxylation is 1. The van der Waals surface area contributed by atoms with E-state index in [4.69, 9.17) is 11.6 Å². The van der Waals surface area contributed by atoms with Gasteiger partial charge < -0.3 is 10.2 Å². The molecule has 5 rings (SSSR count). The molecule has 0 unspecified atom stereocenters. The predicted molar refractivity (Wildman–Crippen MR) is 125 cm³/mol. The molecule has 0 aliphatic carbocycles. The number of nitrogens with zero attached hydrogens (tertiary/aromatic N) is 5. The lowest BCUT2D eigenvalue weighted by molar-refractivity contribution is 0.604. The minimum atomic E-state index is -0.314. The first kappa shape index (κ1) is 21.3. The van der Waals surface area contributed by atoms with E-state index in [9.17, 15) is 4.39 Å². The second kappa shape index (κ2) is 8.78. The van der Waals surface area contributed by atoms with Gasteiger partial charge in [-0.05, 0) is 60.4 Å². The van der Waals surface area contributed by atoms with Crippen molar-refractivity contribution >= 4 is 29.1 Å². The number of benzene rings is 2. The van der Waals surface area contributed by atoms with Crippen LogP contribution in [0.4, 0.5) is 26.2 Å². The number of anilines is 3. The second-order valence-electron chi connectivity index (χ2n) is 7.92. The van der Waals surface area contributed by atoms with E-state index in [1.54, 1.807) is 29.2 Å². The van der Waals surface area contributed by atoms with Crippen LogP contribution >= 0.6 is 11.6 Å². The Morgan fingerprint density at radius 1 is 1.06 bits per heavy atom. The van der Waals surface area contributed by atoms with Crippen LogP contribution in [0.15, 0.2) is 54.9 Å². The largest absolute Gasteiger partial charge is 0.368 e. The average molecular weight is 467 g/mol. The summed E-state index contributed by atoms with van der Waals surface area (Å²) in [5.41, 5.74) is 3.32. The highest BCUT2D eigenvalue weighted by molar-refractivity contribution is 6.30. The number of aromatic nitrogens is 4. The number of nitrogens with one attached hydrogen (secondary N) is 1. The van der Waals surface area contributed by atoms with Gasteiger partial charge in [-0.1, -0.05) is 11.6 Å². The zero-order chi connectivity index (χ0) is 22.9. The molecule has 0 amide bonds. The van der Waals surface area contributed by atoms with Crippen LogP contribution in [0, 0.1) is 11.6 Å². The summed E-state index contributed by atoms with van der Waals surface area (Å²) in [5.74, 6) is 0.543. The summed E-state index contributed by atoms with van der Waals surface area (Å²) in [7, 11) is 1.81. The van der Waals surface area contributed by atoms with Crippen molar-refractivity contribution in [3.05, 3.63) is 82.6 Å². The summed E-state index contributed by atoms with van der Waals surface area (Å²) in [4.78, 5) is 10.8. The standard InChI is InChI=1S/C24H21ClF2N6/c1-32-22(5-9-29-32)31-24-28-8-4-21(30-24)17-12-16-7-11-33(23(16)20(27)14-17)10-6-15-13-18(25)2-3-19(15)26/h2-5,8-9,12-14H,6-7,10-11H2,1H3,(H,28,30,31). The van der Waals surface area contributed by atoms with Gasteiger partial charge in [-0.15, -0.1) is 0 Å². The van der Waals surface area contributed by atoms with Crippen LogP contribution in [0.2, 0.25) is 5.02 Å². The van der Waals surface area contributed by atoms with Gasteiger partial charge in [0.2, 0.25) is 5.95 Å². The highest BCUT2D eigenvalue weighted by Gasteiger charge is 2.24. The van der Waals surface area contributed by atoms with Crippen LogP contribution in [0.25, 0.3) is 11.3 Å². The smallest absolute Gasteiger partial charge is 0.228 e. The van der Waals surface area contributed by atoms with Crippen LogP contribution in [-0.4, -0.2) is 32.8 Å². The minimum Gasteiger partial charge on any atom is -0.368 e. The Morgan fingerprint density at radius 3 is 2.76 bits per heavy atom. The van der Waals surface area contributed by atoms with E-state index in [1.807, 2.05) is 24.1 Å². The van der Waals surface area contributed by atoms with Gasteiger partial charge in [0.05, 0.1) is 17.6 Å². The maximum atomic E-state index is 15.2. The van der Waals surface area contributed by atoms with Gasteiger partial charge in [-0.3, -0.25) is 4.68 Å². The molecule has 1 N–H and O–H groups in total. The molecule has 9 heteroatoms. The van der Waals surface area contributed by atoms with Crippen LogP contribution in [-0.2, 0) is 19.9 Å². The van der Waals surface area contributed by atoms with Gasteiger partial charge in [0.25, 0.3) is 0 Å². The Morgan fingerprint density at radius 2 is 1.94 bits per heavy atom. The molecule has 168 valence electrons. The minimum absolute atomic E-state index is 0.297. The van der Waals surface area contributed by atoms with E-state index in [-0.39, 0.29) is 11.6 Å². The van der Waals surface area contributed by atoms with Crippen molar-refractivity contribution in [3.63, 3.8) is 0 Å². The third kappa shape index (κ3) is 4.39. The first-order valence-corrected chi connectivity index (χ1v) is 11.0. The molecule has 1 aliphatic rings. The monoisotopic (exact) mass is 466 g/mol. The van der Waals surface area contributed by atoms with Gasteiger partial charge in [-0.25, -0.2) is 18.7 Å². The summed E-state index contributed by atoms with van der Waals surface area (Å²) < 4.78 is 30.9. The predicted octanol–water partition coefficient (Wildman–Crippen LogP) is 5.16. The lowest BCUT2D eigenvalue weighted by atomic mass is 10.0. The van der Waals surface area contributed by atoms with Crippen molar-refractivity contribution in [1.29, 1.82) is 0 Å². The van der Waals surface area contributed by atoms with Crippen LogP contribution < -0.4 is 10.2 Å². The Balaban J connectivity index is 1.36. The van der Waals surface area contributed by atoms with Gasteiger partial charge >= 0.3 is 0 Å². The first-order chi connectivity index (χ1) is 16.0.